The van der Waals surface area contributed by atoms with Gasteiger partial charge in [-0.3, -0.25) is 9.69 Å². The number of carboxylic acids is 1. The van der Waals surface area contributed by atoms with E-state index in [0.717, 1.165) is 36.5 Å². The zero-order chi connectivity index (χ0) is 13.2. The summed E-state index contributed by atoms with van der Waals surface area (Å²) in [6.45, 7) is 4.16. The molecule has 1 aromatic rings. The molecule has 0 radical (unpaired) electrons. The first-order chi connectivity index (χ1) is 8.49. The highest BCUT2D eigenvalue weighted by Gasteiger charge is 2.37. The van der Waals surface area contributed by atoms with Crippen molar-refractivity contribution in [3.05, 3.63) is 34.9 Å². The zero-order valence-electron chi connectivity index (χ0n) is 10.5. The Kier molecular flexibility index (Phi) is 3.93. The summed E-state index contributed by atoms with van der Waals surface area (Å²) >= 11 is 5.96. The number of benzene rings is 1. The Labute approximate surface area is 112 Å². The van der Waals surface area contributed by atoms with Gasteiger partial charge in [0.15, 0.2) is 0 Å². The van der Waals surface area contributed by atoms with Crippen LogP contribution in [0.2, 0.25) is 5.02 Å². The van der Waals surface area contributed by atoms with E-state index in [2.05, 4.69) is 4.90 Å². The number of carbonyl (C=O) groups is 1. The second-order valence-corrected chi connectivity index (χ2v) is 5.75. The van der Waals surface area contributed by atoms with Gasteiger partial charge >= 0.3 is 5.97 Å². The summed E-state index contributed by atoms with van der Waals surface area (Å²) < 4.78 is 0. The van der Waals surface area contributed by atoms with Crippen molar-refractivity contribution >= 4 is 17.6 Å². The Balaban J connectivity index is 2.04. The first kappa shape index (κ1) is 13.4. The summed E-state index contributed by atoms with van der Waals surface area (Å²) in [5.74, 6) is -0.696. The lowest BCUT2D eigenvalue weighted by Crippen LogP contribution is -2.45. The summed E-state index contributed by atoms with van der Waals surface area (Å²) in [4.78, 5) is 13.5. The highest BCUT2D eigenvalue weighted by atomic mass is 35.5. The SMILES string of the molecule is CC1(C(=O)O)CCCN(Cc2cccc(Cl)c2)C1. The second-order valence-electron chi connectivity index (χ2n) is 5.31. The van der Waals surface area contributed by atoms with Crippen molar-refractivity contribution in [3.63, 3.8) is 0 Å². The molecule has 0 aliphatic carbocycles. The van der Waals surface area contributed by atoms with Crippen molar-refractivity contribution in [2.45, 2.75) is 26.3 Å². The van der Waals surface area contributed by atoms with Crippen molar-refractivity contribution in [1.29, 1.82) is 0 Å². The normalized spacial score (nSPS) is 25.0. The van der Waals surface area contributed by atoms with Gasteiger partial charge in [0.2, 0.25) is 0 Å². The third kappa shape index (κ3) is 3.03. The number of hydrogen-bond acceptors (Lipinski definition) is 2. The lowest BCUT2D eigenvalue weighted by Gasteiger charge is -2.37. The number of halogens is 1. The molecule has 0 amide bonds. The van der Waals surface area contributed by atoms with E-state index in [0.29, 0.717) is 6.54 Å². The molecule has 2 rings (SSSR count). The predicted octanol–water partition coefficient (Wildman–Crippen LogP) is 3.03. The lowest BCUT2D eigenvalue weighted by molar-refractivity contribution is -0.151. The molecule has 0 spiro atoms. The van der Waals surface area contributed by atoms with Crippen LogP contribution in [0.4, 0.5) is 0 Å². The average Bonchev–Trinajstić information content (AvgIpc) is 2.29. The Bertz CT molecular complexity index is 449. The quantitative estimate of drug-likeness (QED) is 0.915. The van der Waals surface area contributed by atoms with Gasteiger partial charge in [-0.2, -0.15) is 0 Å². The van der Waals surface area contributed by atoms with Gasteiger partial charge in [-0.05, 0) is 44.0 Å². The Morgan fingerprint density at radius 3 is 3.00 bits per heavy atom. The maximum absolute atomic E-state index is 11.3. The Morgan fingerprint density at radius 1 is 1.56 bits per heavy atom. The molecule has 0 aromatic heterocycles. The van der Waals surface area contributed by atoms with Crippen LogP contribution in [0.25, 0.3) is 0 Å². The van der Waals surface area contributed by atoms with Crippen molar-refractivity contribution in [1.82, 2.24) is 4.90 Å². The standard InChI is InChI=1S/C14H18ClNO2/c1-14(13(17)18)6-3-7-16(10-14)9-11-4-2-5-12(15)8-11/h2,4-5,8H,3,6-7,9-10H2,1H3,(H,17,18). The summed E-state index contributed by atoms with van der Waals surface area (Å²) in [5, 5.41) is 10.0. The number of carboxylic acid groups (broad SMARTS) is 1. The topological polar surface area (TPSA) is 40.5 Å². The van der Waals surface area contributed by atoms with Crippen LogP contribution in [0.1, 0.15) is 25.3 Å². The molecule has 18 heavy (non-hydrogen) atoms. The first-order valence-electron chi connectivity index (χ1n) is 6.20. The van der Waals surface area contributed by atoms with Crippen molar-refractivity contribution in [3.8, 4) is 0 Å². The van der Waals surface area contributed by atoms with Crippen LogP contribution in [0.15, 0.2) is 24.3 Å². The molecule has 1 N–H and O–H groups in total. The molecule has 1 aromatic carbocycles. The van der Waals surface area contributed by atoms with E-state index < -0.39 is 11.4 Å². The molecule has 1 fully saturated rings. The molecule has 0 saturated carbocycles. The molecule has 3 nitrogen and oxygen atoms in total. The fraction of sp³-hybridized carbons (Fsp3) is 0.500. The van der Waals surface area contributed by atoms with E-state index in [4.69, 9.17) is 11.6 Å². The van der Waals surface area contributed by atoms with E-state index in [-0.39, 0.29) is 0 Å². The van der Waals surface area contributed by atoms with Crippen molar-refractivity contribution < 1.29 is 9.90 Å². The predicted molar refractivity (Wildman–Crippen MR) is 71.7 cm³/mol. The van der Waals surface area contributed by atoms with Crippen LogP contribution in [0.5, 0.6) is 0 Å². The molecule has 4 heteroatoms. The van der Waals surface area contributed by atoms with E-state index in [1.165, 1.54) is 0 Å². The van der Waals surface area contributed by atoms with Crippen LogP contribution >= 0.6 is 11.6 Å². The van der Waals surface area contributed by atoms with E-state index in [9.17, 15) is 9.90 Å². The lowest BCUT2D eigenvalue weighted by atomic mass is 9.82. The number of piperidine rings is 1. The minimum Gasteiger partial charge on any atom is -0.481 e. The van der Waals surface area contributed by atoms with Crippen LogP contribution in [0.3, 0.4) is 0 Å². The van der Waals surface area contributed by atoms with Gasteiger partial charge in [-0.15, -0.1) is 0 Å². The van der Waals surface area contributed by atoms with Gasteiger partial charge < -0.3 is 5.11 Å². The fourth-order valence-electron chi connectivity index (χ4n) is 2.55. The van der Waals surface area contributed by atoms with E-state index in [1.54, 1.807) is 0 Å². The monoisotopic (exact) mass is 267 g/mol. The van der Waals surface area contributed by atoms with Crippen LogP contribution in [-0.2, 0) is 11.3 Å². The summed E-state index contributed by atoms with van der Waals surface area (Å²) in [7, 11) is 0. The molecular formula is C14H18ClNO2. The molecule has 1 unspecified atom stereocenters. The third-order valence-corrected chi connectivity index (χ3v) is 3.82. The van der Waals surface area contributed by atoms with Crippen molar-refractivity contribution in [2.75, 3.05) is 13.1 Å². The second kappa shape index (κ2) is 5.29. The number of rotatable bonds is 3. The van der Waals surface area contributed by atoms with Gasteiger partial charge in [-0.25, -0.2) is 0 Å². The van der Waals surface area contributed by atoms with E-state index in [1.807, 2.05) is 31.2 Å². The molecular weight excluding hydrogens is 250 g/mol. The zero-order valence-corrected chi connectivity index (χ0v) is 11.3. The Morgan fingerprint density at radius 2 is 2.33 bits per heavy atom. The molecule has 1 aliphatic heterocycles. The summed E-state index contributed by atoms with van der Waals surface area (Å²) in [5.41, 5.74) is 0.522. The molecule has 0 bridgehead atoms. The average molecular weight is 268 g/mol. The molecule has 98 valence electrons. The third-order valence-electron chi connectivity index (χ3n) is 3.59. The number of aliphatic carboxylic acids is 1. The maximum atomic E-state index is 11.3. The number of likely N-dealkylation sites (tertiary alicyclic amines) is 1. The van der Waals surface area contributed by atoms with Crippen LogP contribution < -0.4 is 0 Å². The molecule has 1 aliphatic rings. The maximum Gasteiger partial charge on any atom is 0.310 e. The minimum atomic E-state index is -0.696. The van der Waals surface area contributed by atoms with Gasteiger partial charge in [0, 0.05) is 18.1 Å². The highest BCUT2D eigenvalue weighted by molar-refractivity contribution is 6.30. The van der Waals surface area contributed by atoms with Crippen molar-refractivity contribution in [2.24, 2.45) is 5.41 Å². The van der Waals surface area contributed by atoms with Gasteiger partial charge in [0.05, 0.1) is 5.41 Å². The van der Waals surface area contributed by atoms with Gasteiger partial charge in [-0.1, -0.05) is 23.7 Å². The summed E-state index contributed by atoms with van der Waals surface area (Å²) in [6, 6.07) is 7.74. The van der Waals surface area contributed by atoms with Crippen LogP contribution in [0, 0.1) is 5.41 Å². The van der Waals surface area contributed by atoms with E-state index >= 15 is 0 Å². The van der Waals surface area contributed by atoms with Gasteiger partial charge in [0.1, 0.15) is 0 Å². The summed E-state index contributed by atoms with van der Waals surface area (Å²) in [6.07, 6.45) is 1.69. The number of hydrogen-bond donors (Lipinski definition) is 1. The molecule has 1 heterocycles. The van der Waals surface area contributed by atoms with Gasteiger partial charge in [0.25, 0.3) is 0 Å². The molecule has 1 atom stereocenters. The largest absolute Gasteiger partial charge is 0.481 e. The number of nitrogens with zero attached hydrogens (tertiary/aromatic N) is 1. The smallest absolute Gasteiger partial charge is 0.310 e. The fourth-order valence-corrected chi connectivity index (χ4v) is 2.76. The highest BCUT2D eigenvalue weighted by Crippen LogP contribution is 2.30. The first-order valence-corrected chi connectivity index (χ1v) is 6.58. The Hall–Kier alpha value is -1.06. The molecule has 1 saturated heterocycles. The van der Waals surface area contributed by atoms with Crippen LogP contribution in [-0.4, -0.2) is 29.1 Å². The minimum absolute atomic E-state index is 0.606.